The third-order valence-corrected chi connectivity index (χ3v) is 3.23. The molecule has 0 bridgehead atoms. The van der Waals surface area contributed by atoms with Crippen LogP contribution in [0.1, 0.15) is 33.1 Å². The zero-order valence-corrected chi connectivity index (χ0v) is 10.8. The minimum Gasteiger partial charge on any atom is -0.353 e. The van der Waals surface area contributed by atoms with E-state index in [1.165, 1.54) is 0 Å². The van der Waals surface area contributed by atoms with E-state index in [0.29, 0.717) is 18.5 Å². The molecule has 4 nitrogen and oxygen atoms in total. The molecule has 94 valence electrons. The number of nitrogens with one attached hydrogen (secondary N) is 2. The van der Waals surface area contributed by atoms with Gasteiger partial charge >= 0.3 is 0 Å². The van der Waals surface area contributed by atoms with Crippen molar-refractivity contribution < 1.29 is 4.79 Å². The normalized spacial score (nSPS) is 19.0. The molecular formula is C12H25N3O. The minimum atomic E-state index is 0.178. The first-order valence-corrected chi connectivity index (χ1v) is 6.31. The van der Waals surface area contributed by atoms with Gasteiger partial charge in [-0.25, -0.2) is 0 Å². The maximum Gasteiger partial charge on any atom is 0.221 e. The second-order valence-electron chi connectivity index (χ2n) is 4.83. The van der Waals surface area contributed by atoms with Crippen LogP contribution in [-0.2, 0) is 4.79 Å². The quantitative estimate of drug-likeness (QED) is 0.722. The molecule has 1 rings (SSSR count). The van der Waals surface area contributed by atoms with Crippen molar-refractivity contribution in [3.8, 4) is 0 Å². The highest BCUT2D eigenvalue weighted by atomic mass is 16.1. The predicted molar refractivity (Wildman–Crippen MR) is 66.4 cm³/mol. The summed E-state index contributed by atoms with van der Waals surface area (Å²) < 4.78 is 0. The molecule has 0 aromatic rings. The molecule has 1 saturated heterocycles. The monoisotopic (exact) mass is 227 g/mol. The molecule has 4 heteroatoms. The predicted octanol–water partition coefficient (Wildman–Crippen LogP) is 0.585. The first-order valence-electron chi connectivity index (χ1n) is 6.31. The Kier molecular flexibility index (Phi) is 5.77. The van der Waals surface area contributed by atoms with Crippen molar-refractivity contribution in [2.75, 3.05) is 26.7 Å². The lowest BCUT2D eigenvalue weighted by molar-refractivity contribution is -0.122. The number of carbonyl (C=O) groups is 1. The van der Waals surface area contributed by atoms with Gasteiger partial charge in [0.15, 0.2) is 0 Å². The Balaban J connectivity index is 2.19. The first-order chi connectivity index (χ1) is 7.63. The maximum absolute atomic E-state index is 11.5. The van der Waals surface area contributed by atoms with Crippen LogP contribution in [0.3, 0.4) is 0 Å². The molecule has 0 aromatic heterocycles. The Hall–Kier alpha value is -0.610. The zero-order valence-electron chi connectivity index (χ0n) is 10.8. The molecule has 2 N–H and O–H groups in total. The Labute approximate surface area is 98.8 Å². The van der Waals surface area contributed by atoms with Crippen LogP contribution in [0.5, 0.6) is 0 Å². The lowest BCUT2D eigenvalue weighted by Crippen LogP contribution is -2.46. The largest absolute Gasteiger partial charge is 0.353 e. The lowest BCUT2D eigenvalue weighted by atomic mass is 10.0. The zero-order chi connectivity index (χ0) is 12.0. The van der Waals surface area contributed by atoms with Crippen molar-refractivity contribution in [3.05, 3.63) is 0 Å². The van der Waals surface area contributed by atoms with Gasteiger partial charge in [0.25, 0.3) is 0 Å². The van der Waals surface area contributed by atoms with Crippen molar-refractivity contribution in [3.63, 3.8) is 0 Å². The van der Waals surface area contributed by atoms with Crippen LogP contribution >= 0.6 is 0 Å². The highest BCUT2D eigenvalue weighted by Gasteiger charge is 2.21. The van der Waals surface area contributed by atoms with Crippen LogP contribution < -0.4 is 10.6 Å². The van der Waals surface area contributed by atoms with Crippen molar-refractivity contribution in [2.24, 2.45) is 0 Å². The van der Waals surface area contributed by atoms with Gasteiger partial charge in [0.1, 0.15) is 0 Å². The number of rotatable bonds is 5. The van der Waals surface area contributed by atoms with Crippen LogP contribution in [-0.4, -0.2) is 49.6 Å². The van der Waals surface area contributed by atoms with Crippen LogP contribution in [0.2, 0.25) is 0 Å². The summed E-state index contributed by atoms with van der Waals surface area (Å²) in [6.45, 7) is 7.43. The molecule has 0 atom stereocenters. The molecule has 1 aliphatic rings. The van der Waals surface area contributed by atoms with E-state index < -0.39 is 0 Å². The average molecular weight is 227 g/mol. The summed E-state index contributed by atoms with van der Waals surface area (Å²) in [6.07, 6.45) is 2.76. The summed E-state index contributed by atoms with van der Waals surface area (Å²) in [6, 6.07) is 1.01. The fourth-order valence-electron chi connectivity index (χ4n) is 2.10. The standard InChI is InChI=1S/C12H25N3O/c1-10(2)15-8-5-11(6-9-15)14-12(16)4-7-13-3/h10-11,13H,4-9H2,1-3H3,(H,14,16). The summed E-state index contributed by atoms with van der Waals surface area (Å²) in [7, 11) is 1.87. The van der Waals surface area contributed by atoms with Gasteiger partial charge in [-0.05, 0) is 33.7 Å². The highest BCUT2D eigenvalue weighted by Crippen LogP contribution is 2.12. The van der Waals surface area contributed by atoms with Crippen LogP contribution in [0.25, 0.3) is 0 Å². The van der Waals surface area contributed by atoms with Crippen molar-refractivity contribution >= 4 is 5.91 Å². The van der Waals surface area contributed by atoms with Crippen LogP contribution in [0.15, 0.2) is 0 Å². The van der Waals surface area contributed by atoms with Gasteiger partial charge in [0.2, 0.25) is 5.91 Å². The van der Waals surface area contributed by atoms with E-state index >= 15 is 0 Å². The van der Waals surface area contributed by atoms with Gasteiger partial charge in [-0.1, -0.05) is 0 Å². The molecule has 0 saturated carbocycles. The van der Waals surface area contributed by atoms with E-state index in [-0.39, 0.29) is 5.91 Å². The van der Waals surface area contributed by atoms with Gasteiger partial charge in [-0.2, -0.15) is 0 Å². The van der Waals surface area contributed by atoms with E-state index in [1.807, 2.05) is 7.05 Å². The molecular weight excluding hydrogens is 202 g/mol. The third kappa shape index (κ3) is 4.49. The van der Waals surface area contributed by atoms with E-state index in [9.17, 15) is 4.79 Å². The number of piperidine rings is 1. The maximum atomic E-state index is 11.5. The van der Waals surface area contributed by atoms with Crippen molar-refractivity contribution in [1.82, 2.24) is 15.5 Å². The SMILES string of the molecule is CNCCC(=O)NC1CCN(C(C)C)CC1. The van der Waals surface area contributed by atoms with E-state index in [2.05, 4.69) is 29.4 Å². The first kappa shape index (κ1) is 13.5. The number of hydrogen-bond donors (Lipinski definition) is 2. The lowest BCUT2D eigenvalue weighted by Gasteiger charge is -2.34. The number of carbonyl (C=O) groups excluding carboxylic acids is 1. The fraction of sp³-hybridized carbons (Fsp3) is 0.917. The minimum absolute atomic E-state index is 0.178. The van der Waals surface area contributed by atoms with E-state index in [4.69, 9.17) is 0 Å². The summed E-state index contributed by atoms with van der Waals surface area (Å²) in [5.41, 5.74) is 0. The Morgan fingerprint density at radius 1 is 1.38 bits per heavy atom. The molecule has 1 amide bonds. The van der Waals surface area contributed by atoms with Crippen molar-refractivity contribution in [1.29, 1.82) is 0 Å². The topological polar surface area (TPSA) is 44.4 Å². The number of nitrogens with zero attached hydrogens (tertiary/aromatic N) is 1. The van der Waals surface area contributed by atoms with Crippen LogP contribution in [0, 0.1) is 0 Å². The highest BCUT2D eigenvalue weighted by molar-refractivity contribution is 5.76. The molecule has 0 aromatic carbocycles. The molecule has 0 radical (unpaired) electrons. The molecule has 1 aliphatic heterocycles. The summed E-state index contributed by atoms with van der Waals surface area (Å²) in [5, 5.41) is 6.10. The smallest absolute Gasteiger partial charge is 0.221 e. The molecule has 0 unspecified atom stereocenters. The molecule has 16 heavy (non-hydrogen) atoms. The summed E-state index contributed by atoms with van der Waals surface area (Å²) >= 11 is 0. The Morgan fingerprint density at radius 2 is 2.00 bits per heavy atom. The summed E-state index contributed by atoms with van der Waals surface area (Å²) in [4.78, 5) is 14.0. The van der Waals surface area contributed by atoms with Gasteiger partial charge in [-0.3, -0.25) is 4.79 Å². The van der Waals surface area contributed by atoms with Gasteiger partial charge in [-0.15, -0.1) is 0 Å². The third-order valence-electron chi connectivity index (χ3n) is 3.23. The Morgan fingerprint density at radius 3 is 2.50 bits per heavy atom. The number of amides is 1. The molecule has 0 spiro atoms. The van der Waals surface area contributed by atoms with Crippen molar-refractivity contribution in [2.45, 2.75) is 45.2 Å². The van der Waals surface area contributed by atoms with Crippen LogP contribution in [0.4, 0.5) is 0 Å². The van der Waals surface area contributed by atoms with E-state index in [0.717, 1.165) is 32.5 Å². The molecule has 1 fully saturated rings. The second kappa shape index (κ2) is 6.86. The van der Waals surface area contributed by atoms with E-state index in [1.54, 1.807) is 0 Å². The average Bonchev–Trinajstić information content (AvgIpc) is 2.27. The summed E-state index contributed by atoms with van der Waals surface area (Å²) in [5.74, 6) is 0.178. The number of hydrogen-bond acceptors (Lipinski definition) is 3. The number of likely N-dealkylation sites (tertiary alicyclic amines) is 1. The molecule has 0 aliphatic carbocycles. The van der Waals surface area contributed by atoms with Gasteiger partial charge in [0, 0.05) is 38.1 Å². The van der Waals surface area contributed by atoms with Gasteiger partial charge < -0.3 is 15.5 Å². The van der Waals surface area contributed by atoms with Gasteiger partial charge in [0.05, 0.1) is 0 Å². The second-order valence-corrected chi connectivity index (χ2v) is 4.83. The molecule has 1 heterocycles. The Bertz CT molecular complexity index is 210. The fourth-order valence-corrected chi connectivity index (χ4v) is 2.10.